The zero-order valence-corrected chi connectivity index (χ0v) is 15.7. The molecule has 1 unspecified atom stereocenters. The normalized spacial score (nSPS) is 18.4. The Morgan fingerprint density at radius 2 is 1.87 bits per heavy atom. The maximum absolute atomic E-state index is 12.2. The van der Waals surface area contributed by atoms with Gasteiger partial charge in [0.15, 0.2) is 0 Å². The van der Waals surface area contributed by atoms with Gasteiger partial charge in [0, 0.05) is 6.54 Å². The van der Waals surface area contributed by atoms with Crippen molar-refractivity contribution >= 4 is 17.7 Å². The van der Waals surface area contributed by atoms with Crippen molar-refractivity contribution in [2.75, 3.05) is 31.9 Å². The fourth-order valence-corrected chi connectivity index (χ4v) is 4.24. The lowest BCUT2D eigenvalue weighted by atomic mass is 10.0. The van der Waals surface area contributed by atoms with E-state index >= 15 is 0 Å². The fraction of sp³-hybridized carbons (Fsp3) is 0.632. The van der Waals surface area contributed by atoms with E-state index in [2.05, 4.69) is 61.8 Å². The summed E-state index contributed by atoms with van der Waals surface area (Å²) in [6, 6.07) is 8.81. The number of carbonyl (C=O) groups is 1. The molecule has 0 saturated carbocycles. The van der Waals surface area contributed by atoms with E-state index in [1.54, 1.807) is 11.8 Å². The predicted molar refractivity (Wildman–Crippen MR) is 99.8 cm³/mol. The molecule has 1 atom stereocenters. The number of carbonyl (C=O) groups excluding carboxylic acids is 1. The molecular weight excluding hydrogens is 304 g/mol. The number of benzene rings is 1. The van der Waals surface area contributed by atoms with Gasteiger partial charge in [-0.25, -0.2) is 0 Å². The van der Waals surface area contributed by atoms with Gasteiger partial charge in [0.1, 0.15) is 5.37 Å². The summed E-state index contributed by atoms with van der Waals surface area (Å²) in [6.07, 6.45) is 1.05. The first-order chi connectivity index (χ1) is 11.1. The zero-order valence-electron chi connectivity index (χ0n) is 14.9. The molecule has 1 aliphatic rings. The number of nitrogens with zero attached hydrogens (tertiary/aromatic N) is 2. The molecule has 23 heavy (non-hydrogen) atoms. The Hall–Kier alpha value is -1.00. The standard InChI is InChI=1S/C19H30N2OS/c1-5-20(6-2)12-7-13-21-18(22)14-23-19(21)17-10-8-16(9-11-17)15(3)4/h8-11,15,19H,5-7,12-14H2,1-4H3. The third-order valence-electron chi connectivity index (χ3n) is 4.62. The molecule has 0 bridgehead atoms. The lowest BCUT2D eigenvalue weighted by Crippen LogP contribution is -2.32. The summed E-state index contributed by atoms with van der Waals surface area (Å²) >= 11 is 1.76. The summed E-state index contributed by atoms with van der Waals surface area (Å²) in [7, 11) is 0. The molecule has 0 radical (unpaired) electrons. The summed E-state index contributed by atoms with van der Waals surface area (Å²) < 4.78 is 0. The Bertz CT molecular complexity index is 497. The van der Waals surface area contributed by atoms with E-state index in [9.17, 15) is 4.79 Å². The second-order valence-electron chi connectivity index (χ2n) is 6.45. The molecule has 0 spiro atoms. The average molecular weight is 335 g/mol. The van der Waals surface area contributed by atoms with E-state index in [-0.39, 0.29) is 11.3 Å². The van der Waals surface area contributed by atoms with Crippen LogP contribution in [0.25, 0.3) is 0 Å². The molecule has 1 amide bonds. The Morgan fingerprint density at radius 3 is 2.43 bits per heavy atom. The molecule has 0 aromatic heterocycles. The molecule has 1 fully saturated rings. The molecular formula is C19H30N2OS. The largest absolute Gasteiger partial charge is 0.326 e. The van der Waals surface area contributed by atoms with Crippen LogP contribution in [0, 0.1) is 0 Å². The lowest BCUT2D eigenvalue weighted by molar-refractivity contribution is -0.128. The van der Waals surface area contributed by atoms with Gasteiger partial charge in [0.25, 0.3) is 0 Å². The highest BCUT2D eigenvalue weighted by Crippen LogP contribution is 2.38. The maximum atomic E-state index is 12.2. The van der Waals surface area contributed by atoms with Crippen molar-refractivity contribution in [2.24, 2.45) is 0 Å². The van der Waals surface area contributed by atoms with Crippen molar-refractivity contribution in [2.45, 2.75) is 45.4 Å². The van der Waals surface area contributed by atoms with Crippen LogP contribution in [0.15, 0.2) is 24.3 Å². The molecule has 128 valence electrons. The third kappa shape index (κ3) is 4.74. The van der Waals surface area contributed by atoms with E-state index in [0.29, 0.717) is 11.7 Å². The van der Waals surface area contributed by atoms with Gasteiger partial charge in [-0.05, 0) is 43.1 Å². The van der Waals surface area contributed by atoms with Crippen molar-refractivity contribution in [1.29, 1.82) is 0 Å². The number of hydrogen-bond donors (Lipinski definition) is 0. The van der Waals surface area contributed by atoms with Crippen molar-refractivity contribution in [1.82, 2.24) is 9.80 Å². The monoisotopic (exact) mass is 334 g/mol. The molecule has 4 heteroatoms. The first-order valence-corrected chi connectivity index (χ1v) is 9.85. The van der Waals surface area contributed by atoms with E-state index in [4.69, 9.17) is 0 Å². The van der Waals surface area contributed by atoms with Crippen molar-refractivity contribution in [3.8, 4) is 0 Å². The van der Waals surface area contributed by atoms with Crippen LogP contribution in [0.1, 0.15) is 56.5 Å². The van der Waals surface area contributed by atoms with E-state index in [1.165, 1.54) is 11.1 Å². The minimum atomic E-state index is 0.195. The maximum Gasteiger partial charge on any atom is 0.233 e. The summed E-state index contributed by atoms with van der Waals surface area (Å²) in [5, 5.41) is 0.195. The highest BCUT2D eigenvalue weighted by atomic mass is 32.2. The van der Waals surface area contributed by atoms with Crippen LogP contribution >= 0.6 is 11.8 Å². The highest BCUT2D eigenvalue weighted by Gasteiger charge is 2.32. The van der Waals surface area contributed by atoms with Gasteiger partial charge >= 0.3 is 0 Å². The Kier molecular flexibility index (Phi) is 6.97. The Morgan fingerprint density at radius 1 is 1.22 bits per heavy atom. The first-order valence-electron chi connectivity index (χ1n) is 8.80. The van der Waals surface area contributed by atoms with Crippen LogP contribution in [0.4, 0.5) is 0 Å². The van der Waals surface area contributed by atoms with Crippen LogP contribution in [-0.2, 0) is 4.79 Å². The summed E-state index contributed by atoms with van der Waals surface area (Å²) in [5.41, 5.74) is 2.62. The third-order valence-corrected chi connectivity index (χ3v) is 5.88. The van der Waals surface area contributed by atoms with Gasteiger partial charge in [-0.2, -0.15) is 0 Å². The first kappa shape index (κ1) is 18.3. The summed E-state index contributed by atoms with van der Waals surface area (Å²) in [5.74, 6) is 1.45. The minimum absolute atomic E-state index is 0.195. The van der Waals surface area contributed by atoms with Crippen molar-refractivity contribution in [3.05, 3.63) is 35.4 Å². The molecule has 0 aliphatic carbocycles. The highest BCUT2D eigenvalue weighted by molar-refractivity contribution is 8.00. The predicted octanol–water partition coefficient (Wildman–Crippen LogP) is 4.12. The van der Waals surface area contributed by atoms with Gasteiger partial charge in [-0.15, -0.1) is 11.8 Å². The average Bonchev–Trinajstić information content (AvgIpc) is 2.92. The Balaban J connectivity index is 1.98. The number of hydrogen-bond acceptors (Lipinski definition) is 3. The summed E-state index contributed by atoms with van der Waals surface area (Å²) in [6.45, 7) is 12.9. The van der Waals surface area contributed by atoms with Gasteiger partial charge < -0.3 is 9.80 Å². The SMILES string of the molecule is CCN(CC)CCCN1C(=O)CSC1c1ccc(C(C)C)cc1. The number of thioether (sulfide) groups is 1. The van der Waals surface area contributed by atoms with Gasteiger partial charge in [0.2, 0.25) is 5.91 Å². The second kappa shape index (κ2) is 8.74. The number of rotatable bonds is 8. The second-order valence-corrected chi connectivity index (χ2v) is 7.52. The topological polar surface area (TPSA) is 23.6 Å². The Labute approximate surface area is 145 Å². The minimum Gasteiger partial charge on any atom is -0.326 e. The summed E-state index contributed by atoms with van der Waals surface area (Å²) in [4.78, 5) is 16.7. The lowest BCUT2D eigenvalue weighted by Gasteiger charge is -2.26. The molecule has 1 aliphatic heterocycles. The van der Waals surface area contributed by atoms with E-state index in [1.807, 2.05) is 0 Å². The molecule has 2 rings (SSSR count). The molecule has 0 N–H and O–H groups in total. The van der Waals surface area contributed by atoms with Crippen LogP contribution in [-0.4, -0.2) is 47.6 Å². The van der Waals surface area contributed by atoms with Gasteiger partial charge in [0.05, 0.1) is 5.75 Å². The van der Waals surface area contributed by atoms with Crippen LogP contribution < -0.4 is 0 Å². The van der Waals surface area contributed by atoms with Crippen molar-refractivity contribution < 1.29 is 4.79 Å². The van der Waals surface area contributed by atoms with Crippen LogP contribution in [0.2, 0.25) is 0 Å². The van der Waals surface area contributed by atoms with E-state index < -0.39 is 0 Å². The smallest absolute Gasteiger partial charge is 0.233 e. The molecule has 1 saturated heterocycles. The van der Waals surface area contributed by atoms with E-state index in [0.717, 1.165) is 32.6 Å². The molecule has 1 aromatic rings. The van der Waals surface area contributed by atoms with Crippen molar-refractivity contribution in [3.63, 3.8) is 0 Å². The van der Waals surface area contributed by atoms with Gasteiger partial charge in [-0.3, -0.25) is 4.79 Å². The molecule has 3 nitrogen and oxygen atoms in total. The fourth-order valence-electron chi connectivity index (χ4n) is 3.02. The van der Waals surface area contributed by atoms with Gasteiger partial charge in [-0.1, -0.05) is 52.0 Å². The molecule has 1 heterocycles. The number of amides is 1. The zero-order chi connectivity index (χ0) is 16.8. The van der Waals surface area contributed by atoms with Crippen LogP contribution in [0.5, 0.6) is 0 Å². The van der Waals surface area contributed by atoms with Crippen LogP contribution in [0.3, 0.4) is 0 Å². The molecule has 1 aromatic carbocycles. The quantitative estimate of drug-likeness (QED) is 0.714.